The highest BCUT2D eigenvalue weighted by molar-refractivity contribution is 6.05. The Morgan fingerprint density at radius 3 is 2.49 bits per heavy atom. The van der Waals surface area contributed by atoms with Crippen LogP contribution in [0.4, 0.5) is 20.7 Å². The lowest BCUT2D eigenvalue weighted by molar-refractivity contribution is 0.102. The maximum absolute atomic E-state index is 15.1. The number of carbonyl (C=O) groups excluding carboxylic acids is 2. The fourth-order valence-corrected chi connectivity index (χ4v) is 5.05. The van der Waals surface area contributed by atoms with E-state index in [9.17, 15) is 14.4 Å². The van der Waals surface area contributed by atoms with Gasteiger partial charge in [-0.1, -0.05) is 32.0 Å². The maximum atomic E-state index is 15.1. The summed E-state index contributed by atoms with van der Waals surface area (Å²) in [5, 5.41) is 5.36. The minimum absolute atomic E-state index is 0.0207. The Hall–Kier alpha value is -5.00. The van der Waals surface area contributed by atoms with Crippen LogP contribution in [0.5, 0.6) is 11.6 Å². The van der Waals surface area contributed by atoms with Gasteiger partial charge in [-0.15, -0.1) is 0 Å². The molecule has 224 valence electrons. The highest BCUT2D eigenvalue weighted by atomic mass is 19.1. The van der Waals surface area contributed by atoms with Gasteiger partial charge >= 0.3 is 6.03 Å². The molecule has 1 fully saturated rings. The largest absolute Gasteiger partial charge is 0.436 e. The maximum Gasteiger partial charge on any atom is 0.323 e. The number of rotatable bonds is 8. The molecule has 0 unspecified atom stereocenters. The molecule has 12 heteroatoms. The Labute approximate surface area is 248 Å². The van der Waals surface area contributed by atoms with E-state index in [1.165, 1.54) is 29.2 Å². The number of halogens is 1. The molecule has 3 heterocycles. The molecule has 2 N–H and O–H groups in total. The third kappa shape index (κ3) is 6.58. The Morgan fingerprint density at radius 2 is 1.79 bits per heavy atom. The average Bonchev–Trinajstić information content (AvgIpc) is 3.24. The van der Waals surface area contributed by atoms with Gasteiger partial charge in [0.2, 0.25) is 5.88 Å². The summed E-state index contributed by atoms with van der Waals surface area (Å²) in [6.07, 6.45) is 3.86. The lowest BCUT2D eigenvalue weighted by atomic mass is 10.00. The van der Waals surface area contributed by atoms with E-state index in [2.05, 4.69) is 27.5 Å². The smallest absolute Gasteiger partial charge is 0.323 e. The number of para-hydroxylation sites is 1. The van der Waals surface area contributed by atoms with Gasteiger partial charge in [0.1, 0.15) is 17.7 Å². The molecule has 11 nitrogen and oxygen atoms in total. The first-order valence-corrected chi connectivity index (χ1v) is 14.3. The van der Waals surface area contributed by atoms with Crippen molar-refractivity contribution in [3.63, 3.8) is 0 Å². The molecule has 4 aromatic rings. The predicted octanol–water partition coefficient (Wildman–Crippen LogP) is 5.59. The number of amides is 3. The normalized spacial score (nSPS) is 13.5. The van der Waals surface area contributed by atoms with Crippen molar-refractivity contribution in [3.05, 3.63) is 88.4 Å². The summed E-state index contributed by atoms with van der Waals surface area (Å²) in [5.74, 6) is -0.700. The molecule has 1 aliphatic heterocycles. The van der Waals surface area contributed by atoms with E-state index in [0.29, 0.717) is 36.9 Å². The standard InChI is InChI=1S/C31H34FN7O4/c1-4-14-38-21(3)28(30(41)39(38)23-8-6-5-7-9-23)29(40)35-22-10-11-25(24(32)17-22)43-27-18-26(33-19-34-27)36-31(42)37-15-12-20(2)13-16-37/h5-11,17-20H,4,12-16H2,1-3H3,(H,35,40)(H,33,34,36,42). The van der Waals surface area contributed by atoms with Crippen LogP contribution in [0, 0.1) is 18.7 Å². The minimum atomic E-state index is -0.758. The predicted molar refractivity (Wildman–Crippen MR) is 161 cm³/mol. The van der Waals surface area contributed by atoms with Crippen LogP contribution in [0.25, 0.3) is 5.69 Å². The fourth-order valence-electron chi connectivity index (χ4n) is 5.05. The summed E-state index contributed by atoms with van der Waals surface area (Å²) < 4.78 is 23.9. The molecule has 2 aromatic heterocycles. The first-order valence-electron chi connectivity index (χ1n) is 14.3. The number of urea groups is 1. The zero-order valence-corrected chi connectivity index (χ0v) is 24.3. The van der Waals surface area contributed by atoms with Crippen LogP contribution in [0.1, 0.15) is 49.2 Å². The molecule has 0 radical (unpaired) electrons. The number of benzene rings is 2. The molecule has 0 saturated carbocycles. The Balaban J connectivity index is 1.29. The quantitative estimate of drug-likeness (QED) is 0.277. The molecular formula is C31H34FN7O4. The molecule has 0 atom stereocenters. The third-order valence-corrected chi connectivity index (χ3v) is 7.41. The molecular weight excluding hydrogens is 553 g/mol. The van der Waals surface area contributed by atoms with Gasteiger partial charge in [0.05, 0.1) is 11.4 Å². The van der Waals surface area contributed by atoms with Gasteiger partial charge in [0.25, 0.3) is 11.5 Å². The number of nitrogens with zero attached hydrogens (tertiary/aromatic N) is 5. The van der Waals surface area contributed by atoms with Gasteiger partial charge < -0.3 is 15.0 Å². The van der Waals surface area contributed by atoms with Crippen LogP contribution in [0.15, 0.2) is 65.7 Å². The number of ether oxygens (including phenoxy) is 1. The van der Waals surface area contributed by atoms with Crippen LogP contribution in [0.3, 0.4) is 0 Å². The lowest BCUT2D eigenvalue weighted by Gasteiger charge is -2.30. The number of piperidine rings is 1. The number of nitrogens with one attached hydrogen (secondary N) is 2. The summed E-state index contributed by atoms with van der Waals surface area (Å²) in [6, 6.07) is 14.1. The average molecular weight is 588 g/mol. The highest BCUT2D eigenvalue weighted by Gasteiger charge is 2.24. The van der Waals surface area contributed by atoms with Crippen molar-refractivity contribution in [1.82, 2.24) is 24.2 Å². The summed E-state index contributed by atoms with van der Waals surface area (Å²) >= 11 is 0. The van der Waals surface area contributed by atoms with Crippen molar-refractivity contribution in [1.29, 1.82) is 0 Å². The molecule has 2 aromatic carbocycles. The number of anilines is 2. The summed E-state index contributed by atoms with van der Waals surface area (Å²) in [7, 11) is 0. The second kappa shape index (κ2) is 12.9. The monoisotopic (exact) mass is 587 g/mol. The van der Waals surface area contributed by atoms with E-state index in [0.717, 1.165) is 25.3 Å². The number of aromatic nitrogens is 4. The van der Waals surface area contributed by atoms with Crippen LogP contribution < -0.4 is 20.9 Å². The topological polar surface area (TPSA) is 123 Å². The van der Waals surface area contributed by atoms with E-state index in [-0.39, 0.29) is 34.7 Å². The van der Waals surface area contributed by atoms with Crippen molar-refractivity contribution in [2.45, 2.75) is 46.6 Å². The minimum Gasteiger partial charge on any atom is -0.436 e. The van der Waals surface area contributed by atoms with Crippen LogP contribution in [-0.4, -0.2) is 49.3 Å². The lowest BCUT2D eigenvalue weighted by Crippen LogP contribution is -2.40. The second-order valence-corrected chi connectivity index (χ2v) is 10.6. The summed E-state index contributed by atoms with van der Waals surface area (Å²) in [4.78, 5) is 49.0. The number of likely N-dealkylation sites (tertiary alicyclic amines) is 1. The number of hydrogen-bond acceptors (Lipinski definition) is 6. The molecule has 0 aliphatic carbocycles. The molecule has 0 spiro atoms. The summed E-state index contributed by atoms with van der Waals surface area (Å²) in [5.41, 5.74) is 0.818. The zero-order chi connectivity index (χ0) is 30.5. The zero-order valence-electron chi connectivity index (χ0n) is 24.3. The third-order valence-electron chi connectivity index (χ3n) is 7.41. The first-order chi connectivity index (χ1) is 20.7. The molecule has 5 rings (SSSR count). The van der Waals surface area contributed by atoms with Crippen LogP contribution >= 0.6 is 0 Å². The molecule has 0 bridgehead atoms. The van der Waals surface area contributed by atoms with E-state index >= 15 is 4.39 Å². The molecule has 3 amide bonds. The van der Waals surface area contributed by atoms with E-state index < -0.39 is 17.3 Å². The van der Waals surface area contributed by atoms with E-state index in [4.69, 9.17) is 4.74 Å². The fraction of sp³-hybridized carbons (Fsp3) is 0.323. The van der Waals surface area contributed by atoms with Gasteiger partial charge in [-0.2, -0.15) is 0 Å². The number of carbonyl (C=O) groups is 2. The molecule has 43 heavy (non-hydrogen) atoms. The van der Waals surface area contributed by atoms with Crippen molar-refractivity contribution < 1.29 is 18.7 Å². The Kier molecular flexibility index (Phi) is 8.84. The summed E-state index contributed by atoms with van der Waals surface area (Å²) in [6.45, 7) is 7.74. The first kappa shape index (κ1) is 29.5. The van der Waals surface area contributed by atoms with Gasteiger partial charge in [-0.3, -0.25) is 19.6 Å². The van der Waals surface area contributed by atoms with Gasteiger partial charge in [0.15, 0.2) is 11.6 Å². The molecule has 1 aliphatic rings. The second-order valence-electron chi connectivity index (χ2n) is 10.6. The Morgan fingerprint density at radius 1 is 1.05 bits per heavy atom. The van der Waals surface area contributed by atoms with Crippen molar-refractivity contribution in [3.8, 4) is 17.3 Å². The van der Waals surface area contributed by atoms with E-state index in [1.807, 2.05) is 25.1 Å². The van der Waals surface area contributed by atoms with E-state index in [1.54, 1.807) is 28.6 Å². The Bertz CT molecular complexity index is 1680. The van der Waals surface area contributed by atoms with Crippen LogP contribution in [-0.2, 0) is 6.54 Å². The molecule has 1 saturated heterocycles. The highest BCUT2D eigenvalue weighted by Crippen LogP contribution is 2.27. The number of hydrogen-bond donors (Lipinski definition) is 2. The van der Waals surface area contributed by atoms with Gasteiger partial charge in [-0.05, 0) is 56.4 Å². The van der Waals surface area contributed by atoms with Gasteiger partial charge in [-0.25, -0.2) is 23.8 Å². The van der Waals surface area contributed by atoms with Crippen molar-refractivity contribution in [2.24, 2.45) is 5.92 Å². The SMILES string of the molecule is CCCn1c(C)c(C(=O)Nc2ccc(Oc3cc(NC(=O)N4CCC(C)CC4)ncn3)c(F)c2)c(=O)n1-c1ccccc1. The van der Waals surface area contributed by atoms with Crippen LogP contribution in [0.2, 0.25) is 0 Å². The van der Waals surface area contributed by atoms with Crippen molar-refractivity contribution in [2.75, 3.05) is 23.7 Å². The van der Waals surface area contributed by atoms with Crippen molar-refractivity contribution >= 4 is 23.4 Å². The van der Waals surface area contributed by atoms with Gasteiger partial charge in [0, 0.05) is 37.5 Å².